The molecule has 2 aromatic rings. The third kappa shape index (κ3) is 2.39. The number of amides is 1. The first-order chi connectivity index (χ1) is 7.66. The van der Waals surface area contributed by atoms with Gasteiger partial charge in [-0.05, 0) is 18.1 Å². The molecule has 0 saturated carbocycles. The molecule has 0 atom stereocenters. The second kappa shape index (κ2) is 4.61. The van der Waals surface area contributed by atoms with E-state index < -0.39 is 0 Å². The molecule has 16 heavy (non-hydrogen) atoms. The zero-order valence-electron chi connectivity index (χ0n) is 9.36. The molecule has 1 amide bonds. The van der Waals surface area contributed by atoms with E-state index >= 15 is 0 Å². The van der Waals surface area contributed by atoms with Crippen LogP contribution in [0.1, 0.15) is 23.6 Å². The van der Waals surface area contributed by atoms with Crippen molar-refractivity contribution >= 4 is 27.5 Å². The molecule has 1 heterocycles. The molecule has 0 bridgehead atoms. The number of carbonyl (C=O) groups excluding carboxylic acids is 1. The molecule has 84 valence electrons. The van der Waals surface area contributed by atoms with E-state index in [1.165, 1.54) is 11.3 Å². The van der Waals surface area contributed by atoms with Crippen LogP contribution in [0.5, 0.6) is 0 Å². The zero-order valence-corrected chi connectivity index (χ0v) is 10.2. The highest BCUT2D eigenvalue weighted by Gasteiger charge is 2.11. The predicted octanol–water partition coefficient (Wildman–Crippen LogP) is 2.68. The molecule has 0 saturated heterocycles. The van der Waals surface area contributed by atoms with Crippen LogP contribution in [0.3, 0.4) is 0 Å². The number of nitrogens with one attached hydrogen (secondary N) is 1. The summed E-state index contributed by atoms with van der Waals surface area (Å²) >= 11 is 1.43. The molecule has 1 aromatic carbocycles. The van der Waals surface area contributed by atoms with E-state index in [2.05, 4.69) is 24.1 Å². The fourth-order valence-corrected chi connectivity index (χ4v) is 2.22. The Morgan fingerprint density at radius 3 is 2.88 bits per heavy atom. The molecule has 0 aliphatic heterocycles. The normalized spacial score (nSPS) is 10.9. The Morgan fingerprint density at radius 1 is 1.44 bits per heavy atom. The summed E-state index contributed by atoms with van der Waals surface area (Å²) in [5.74, 6) is 0.383. The van der Waals surface area contributed by atoms with Crippen molar-refractivity contribution in [1.82, 2.24) is 10.3 Å². The van der Waals surface area contributed by atoms with E-state index in [4.69, 9.17) is 0 Å². The average Bonchev–Trinajstić information content (AvgIpc) is 2.69. The summed E-state index contributed by atoms with van der Waals surface area (Å²) in [6, 6.07) is 7.78. The predicted molar refractivity (Wildman–Crippen MR) is 66.8 cm³/mol. The van der Waals surface area contributed by atoms with E-state index in [1.54, 1.807) is 0 Å². The Morgan fingerprint density at radius 2 is 2.19 bits per heavy atom. The molecule has 1 N–H and O–H groups in total. The number of hydrogen-bond donors (Lipinski definition) is 1. The SMILES string of the molecule is CC(C)CNC(=O)c1nc2ccccc2s1. The Bertz CT molecular complexity index is 471. The lowest BCUT2D eigenvalue weighted by Gasteiger charge is -2.04. The van der Waals surface area contributed by atoms with Crippen molar-refractivity contribution in [2.75, 3.05) is 6.54 Å². The lowest BCUT2D eigenvalue weighted by Crippen LogP contribution is -2.27. The van der Waals surface area contributed by atoms with Crippen molar-refractivity contribution in [1.29, 1.82) is 0 Å². The largest absolute Gasteiger partial charge is 0.350 e. The molecule has 3 nitrogen and oxygen atoms in total. The van der Waals surface area contributed by atoms with Crippen molar-refractivity contribution in [3.8, 4) is 0 Å². The van der Waals surface area contributed by atoms with Gasteiger partial charge in [0.1, 0.15) is 0 Å². The van der Waals surface area contributed by atoms with Gasteiger partial charge in [-0.15, -0.1) is 11.3 Å². The van der Waals surface area contributed by atoms with Gasteiger partial charge < -0.3 is 5.32 Å². The van der Waals surface area contributed by atoms with Crippen LogP contribution in [0.2, 0.25) is 0 Å². The number of fused-ring (bicyclic) bond motifs is 1. The van der Waals surface area contributed by atoms with Crippen LogP contribution in [0, 0.1) is 5.92 Å². The average molecular weight is 234 g/mol. The first kappa shape index (κ1) is 11.1. The maximum Gasteiger partial charge on any atom is 0.280 e. The maximum absolute atomic E-state index is 11.8. The summed E-state index contributed by atoms with van der Waals surface area (Å²) in [5.41, 5.74) is 0.891. The van der Waals surface area contributed by atoms with Gasteiger partial charge in [0.15, 0.2) is 5.01 Å². The Hall–Kier alpha value is -1.42. The molecule has 1 aromatic heterocycles. The summed E-state index contributed by atoms with van der Waals surface area (Å²) in [6.07, 6.45) is 0. The summed E-state index contributed by atoms with van der Waals surface area (Å²) < 4.78 is 1.05. The zero-order chi connectivity index (χ0) is 11.5. The first-order valence-electron chi connectivity index (χ1n) is 5.30. The van der Waals surface area contributed by atoms with Gasteiger partial charge in [0.25, 0.3) is 5.91 Å². The molecule has 0 unspecified atom stereocenters. The fourth-order valence-electron chi connectivity index (χ4n) is 1.34. The second-order valence-corrected chi connectivity index (χ2v) is 5.12. The van der Waals surface area contributed by atoms with Gasteiger partial charge in [-0.2, -0.15) is 0 Å². The number of para-hydroxylation sites is 1. The van der Waals surface area contributed by atoms with E-state index in [0.29, 0.717) is 17.5 Å². The Balaban J connectivity index is 2.17. The van der Waals surface area contributed by atoms with Crippen LogP contribution in [0.4, 0.5) is 0 Å². The second-order valence-electron chi connectivity index (χ2n) is 4.09. The third-order valence-corrected chi connectivity index (χ3v) is 3.19. The standard InChI is InChI=1S/C12H14N2OS/c1-8(2)7-13-11(15)12-14-9-5-3-4-6-10(9)16-12/h3-6,8H,7H2,1-2H3,(H,13,15). The van der Waals surface area contributed by atoms with Crippen molar-refractivity contribution in [2.45, 2.75) is 13.8 Å². The van der Waals surface area contributed by atoms with Crippen LogP contribution in [0.15, 0.2) is 24.3 Å². The van der Waals surface area contributed by atoms with Crippen LogP contribution in [-0.4, -0.2) is 17.4 Å². The van der Waals surface area contributed by atoms with Crippen LogP contribution in [0.25, 0.3) is 10.2 Å². The van der Waals surface area contributed by atoms with Gasteiger partial charge in [0.05, 0.1) is 10.2 Å². The highest BCUT2D eigenvalue weighted by Crippen LogP contribution is 2.21. The molecule has 0 fully saturated rings. The number of carbonyl (C=O) groups is 1. The molecule has 4 heteroatoms. The van der Waals surface area contributed by atoms with E-state index in [0.717, 1.165) is 10.2 Å². The lowest BCUT2D eigenvalue weighted by molar-refractivity contribution is 0.0949. The first-order valence-corrected chi connectivity index (χ1v) is 6.12. The van der Waals surface area contributed by atoms with Crippen molar-refractivity contribution < 1.29 is 4.79 Å². The maximum atomic E-state index is 11.8. The van der Waals surface area contributed by atoms with E-state index in [-0.39, 0.29) is 5.91 Å². The number of benzene rings is 1. The monoisotopic (exact) mass is 234 g/mol. The van der Waals surface area contributed by atoms with Crippen LogP contribution >= 0.6 is 11.3 Å². The van der Waals surface area contributed by atoms with Gasteiger partial charge in [0.2, 0.25) is 0 Å². The smallest absolute Gasteiger partial charge is 0.280 e. The summed E-state index contributed by atoms with van der Waals surface area (Å²) in [7, 11) is 0. The minimum Gasteiger partial charge on any atom is -0.350 e. The quantitative estimate of drug-likeness (QED) is 0.887. The van der Waals surface area contributed by atoms with Gasteiger partial charge in [0, 0.05) is 6.54 Å². The lowest BCUT2D eigenvalue weighted by atomic mass is 10.2. The van der Waals surface area contributed by atoms with E-state index in [9.17, 15) is 4.79 Å². The number of hydrogen-bond acceptors (Lipinski definition) is 3. The van der Waals surface area contributed by atoms with Crippen molar-refractivity contribution in [3.05, 3.63) is 29.3 Å². The van der Waals surface area contributed by atoms with Gasteiger partial charge >= 0.3 is 0 Å². The summed E-state index contributed by atoms with van der Waals surface area (Å²) in [6.45, 7) is 4.83. The Labute approximate surface area is 98.5 Å². The van der Waals surface area contributed by atoms with Gasteiger partial charge in [-0.1, -0.05) is 26.0 Å². The van der Waals surface area contributed by atoms with Gasteiger partial charge in [-0.3, -0.25) is 4.79 Å². The van der Waals surface area contributed by atoms with Crippen LogP contribution < -0.4 is 5.32 Å². The topological polar surface area (TPSA) is 42.0 Å². The molecular formula is C12H14N2OS. The molecule has 2 rings (SSSR count). The summed E-state index contributed by atoms with van der Waals surface area (Å²) in [4.78, 5) is 16.1. The molecule has 0 aliphatic rings. The number of thiazole rings is 1. The summed E-state index contributed by atoms with van der Waals surface area (Å²) in [5, 5.41) is 3.41. The molecule has 0 radical (unpaired) electrons. The number of rotatable bonds is 3. The number of nitrogens with zero attached hydrogens (tertiary/aromatic N) is 1. The minimum atomic E-state index is -0.0742. The van der Waals surface area contributed by atoms with Crippen molar-refractivity contribution in [3.63, 3.8) is 0 Å². The van der Waals surface area contributed by atoms with E-state index in [1.807, 2.05) is 24.3 Å². The number of aromatic nitrogens is 1. The minimum absolute atomic E-state index is 0.0742. The molecule has 0 spiro atoms. The van der Waals surface area contributed by atoms with Gasteiger partial charge in [-0.25, -0.2) is 4.98 Å². The highest BCUT2D eigenvalue weighted by molar-refractivity contribution is 7.20. The highest BCUT2D eigenvalue weighted by atomic mass is 32.1. The fraction of sp³-hybridized carbons (Fsp3) is 0.333. The van der Waals surface area contributed by atoms with Crippen molar-refractivity contribution in [2.24, 2.45) is 5.92 Å². The Kier molecular flexibility index (Phi) is 3.19. The van der Waals surface area contributed by atoms with Crippen LogP contribution in [-0.2, 0) is 0 Å². The molecular weight excluding hydrogens is 220 g/mol. The third-order valence-electron chi connectivity index (χ3n) is 2.16. The molecule has 0 aliphatic carbocycles.